The first-order valence-electron chi connectivity index (χ1n) is 5.29. The fraction of sp³-hybridized carbons (Fsp3) is 0.500. The van der Waals surface area contributed by atoms with Crippen molar-refractivity contribution in [2.24, 2.45) is 5.73 Å². The standard InChI is InChI=1S/C12H20N2O/c1-14(2)8-3-9-15-12-6-4-11(10-13)5-7-12/h4-7H,3,8-10,13H2,1-2H3. The molecule has 3 heteroatoms. The van der Waals surface area contributed by atoms with Crippen LogP contribution in [-0.4, -0.2) is 32.1 Å². The Morgan fingerprint density at radius 2 is 1.87 bits per heavy atom. The van der Waals surface area contributed by atoms with Crippen LogP contribution < -0.4 is 10.5 Å². The third-order valence-electron chi connectivity index (χ3n) is 2.18. The summed E-state index contributed by atoms with van der Waals surface area (Å²) in [5, 5.41) is 0. The predicted octanol–water partition coefficient (Wildman–Crippen LogP) is 1.48. The van der Waals surface area contributed by atoms with Gasteiger partial charge in [0.05, 0.1) is 6.61 Å². The van der Waals surface area contributed by atoms with E-state index in [4.69, 9.17) is 10.5 Å². The highest BCUT2D eigenvalue weighted by molar-refractivity contribution is 5.26. The van der Waals surface area contributed by atoms with Crippen molar-refractivity contribution in [3.63, 3.8) is 0 Å². The van der Waals surface area contributed by atoms with E-state index in [0.29, 0.717) is 6.54 Å². The van der Waals surface area contributed by atoms with E-state index >= 15 is 0 Å². The lowest BCUT2D eigenvalue weighted by Gasteiger charge is -2.10. The molecule has 1 rings (SSSR count). The number of hydrogen-bond acceptors (Lipinski definition) is 3. The second-order valence-electron chi connectivity index (χ2n) is 3.85. The average molecular weight is 208 g/mol. The molecule has 0 saturated heterocycles. The summed E-state index contributed by atoms with van der Waals surface area (Å²) in [6.45, 7) is 2.40. The van der Waals surface area contributed by atoms with E-state index in [1.165, 1.54) is 0 Å². The maximum atomic E-state index is 5.59. The number of benzene rings is 1. The summed E-state index contributed by atoms with van der Waals surface area (Å²) in [6.07, 6.45) is 1.05. The van der Waals surface area contributed by atoms with E-state index < -0.39 is 0 Å². The number of rotatable bonds is 6. The molecule has 0 unspecified atom stereocenters. The van der Waals surface area contributed by atoms with Crippen molar-refractivity contribution in [3.05, 3.63) is 29.8 Å². The zero-order valence-corrected chi connectivity index (χ0v) is 9.57. The molecule has 84 valence electrons. The molecule has 3 nitrogen and oxygen atoms in total. The molecular formula is C12H20N2O. The van der Waals surface area contributed by atoms with Crippen LogP contribution in [0, 0.1) is 0 Å². The Hall–Kier alpha value is -1.06. The molecule has 0 spiro atoms. The van der Waals surface area contributed by atoms with Gasteiger partial charge in [-0.25, -0.2) is 0 Å². The van der Waals surface area contributed by atoms with Crippen LogP contribution in [0.3, 0.4) is 0 Å². The van der Waals surface area contributed by atoms with E-state index in [-0.39, 0.29) is 0 Å². The molecule has 0 aliphatic carbocycles. The number of hydrogen-bond donors (Lipinski definition) is 1. The van der Waals surface area contributed by atoms with Gasteiger partial charge in [0.1, 0.15) is 5.75 Å². The minimum atomic E-state index is 0.584. The van der Waals surface area contributed by atoms with Gasteiger partial charge in [-0.05, 0) is 38.2 Å². The van der Waals surface area contributed by atoms with Crippen LogP contribution in [0.15, 0.2) is 24.3 Å². The topological polar surface area (TPSA) is 38.5 Å². The second kappa shape index (κ2) is 6.43. The minimum Gasteiger partial charge on any atom is -0.494 e. The smallest absolute Gasteiger partial charge is 0.119 e. The van der Waals surface area contributed by atoms with Gasteiger partial charge < -0.3 is 15.4 Å². The lowest BCUT2D eigenvalue weighted by Crippen LogP contribution is -2.15. The Bertz CT molecular complexity index is 269. The molecule has 0 saturated carbocycles. The van der Waals surface area contributed by atoms with Gasteiger partial charge in [-0.2, -0.15) is 0 Å². The summed E-state index contributed by atoms with van der Waals surface area (Å²) in [5.74, 6) is 0.922. The average Bonchev–Trinajstić information content (AvgIpc) is 2.25. The van der Waals surface area contributed by atoms with Gasteiger partial charge in [-0.15, -0.1) is 0 Å². The highest BCUT2D eigenvalue weighted by Gasteiger charge is 1.95. The summed E-state index contributed by atoms with van der Waals surface area (Å²) >= 11 is 0. The summed E-state index contributed by atoms with van der Waals surface area (Å²) in [5.41, 5.74) is 6.64. The fourth-order valence-electron chi connectivity index (χ4n) is 1.29. The molecule has 0 aromatic heterocycles. The molecular weight excluding hydrogens is 188 g/mol. The molecule has 0 amide bonds. The Morgan fingerprint density at radius 1 is 1.20 bits per heavy atom. The van der Waals surface area contributed by atoms with Crippen molar-refractivity contribution in [2.45, 2.75) is 13.0 Å². The molecule has 0 bridgehead atoms. The predicted molar refractivity (Wildman–Crippen MR) is 63.0 cm³/mol. The number of nitrogens with zero attached hydrogens (tertiary/aromatic N) is 1. The highest BCUT2D eigenvalue weighted by Crippen LogP contribution is 2.11. The van der Waals surface area contributed by atoms with Crippen molar-refractivity contribution in [2.75, 3.05) is 27.2 Å². The molecule has 0 atom stereocenters. The van der Waals surface area contributed by atoms with E-state index in [9.17, 15) is 0 Å². The van der Waals surface area contributed by atoms with E-state index in [0.717, 1.165) is 30.9 Å². The maximum Gasteiger partial charge on any atom is 0.119 e. The zero-order valence-electron chi connectivity index (χ0n) is 9.57. The van der Waals surface area contributed by atoms with Crippen molar-refractivity contribution >= 4 is 0 Å². The van der Waals surface area contributed by atoms with Gasteiger partial charge in [0, 0.05) is 13.1 Å². The molecule has 0 radical (unpaired) electrons. The van der Waals surface area contributed by atoms with Gasteiger partial charge in [0.2, 0.25) is 0 Å². The van der Waals surface area contributed by atoms with Crippen LogP contribution in [-0.2, 0) is 6.54 Å². The van der Waals surface area contributed by atoms with Crippen LogP contribution in [0.2, 0.25) is 0 Å². The molecule has 0 aliphatic heterocycles. The zero-order chi connectivity index (χ0) is 11.1. The summed E-state index contributed by atoms with van der Waals surface area (Å²) in [4.78, 5) is 2.15. The van der Waals surface area contributed by atoms with Crippen LogP contribution in [0.25, 0.3) is 0 Å². The van der Waals surface area contributed by atoms with Crippen LogP contribution >= 0.6 is 0 Å². The Balaban J connectivity index is 2.25. The third kappa shape index (κ3) is 4.81. The van der Waals surface area contributed by atoms with Crippen molar-refractivity contribution in [1.82, 2.24) is 4.90 Å². The van der Waals surface area contributed by atoms with Gasteiger partial charge >= 0.3 is 0 Å². The van der Waals surface area contributed by atoms with Gasteiger partial charge in [-0.1, -0.05) is 12.1 Å². The van der Waals surface area contributed by atoms with Crippen LogP contribution in [0.5, 0.6) is 5.75 Å². The maximum absolute atomic E-state index is 5.59. The summed E-state index contributed by atoms with van der Waals surface area (Å²) in [7, 11) is 4.13. The highest BCUT2D eigenvalue weighted by atomic mass is 16.5. The van der Waals surface area contributed by atoms with E-state index in [2.05, 4.69) is 19.0 Å². The van der Waals surface area contributed by atoms with Gasteiger partial charge in [0.25, 0.3) is 0 Å². The van der Waals surface area contributed by atoms with Gasteiger partial charge in [0.15, 0.2) is 0 Å². The quantitative estimate of drug-likeness (QED) is 0.720. The van der Waals surface area contributed by atoms with Crippen molar-refractivity contribution in [3.8, 4) is 5.75 Å². The largest absolute Gasteiger partial charge is 0.494 e. The molecule has 1 aromatic carbocycles. The molecule has 0 heterocycles. The van der Waals surface area contributed by atoms with Crippen molar-refractivity contribution in [1.29, 1.82) is 0 Å². The molecule has 15 heavy (non-hydrogen) atoms. The Kier molecular flexibility index (Phi) is 5.15. The molecule has 0 fully saturated rings. The van der Waals surface area contributed by atoms with E-state index in [1.54, 1.807) is 0 Å². The first kappa shape index (κ1) is 12.0. The first-order valence-corrected chi connectivity index (χ1v) is 5.29. The fourth-order valence-corrected chi connectivity index (χ4v) is 1.29. The number of ether oxygens (including phenoxy) is 1. The molecule has 1 aromatic rings. The normalized spacial score (nSPS) is 10.7. The van der Waals surface area contributed by atoms with Crippen molar-refractivity contribution < 1.29 is 4.74 Å². The minimum absolute atomic E-state index is 0.584. The third-order valence-corrected chi connectivity index (χ3v) is 2.18. The SMILES string of the molecule is CN(C)CCCOc1ccc(CN)cc1. The van der Waals surface area contributed by atoms with Crippen LogP contribution in [0.4, 0.5) is 0 Å². The lowest BCUT2D eigenvalue weighted by molar-refractivity contribution is 0.281. The summed E-state index contributed by atoms with van der Waals surface area (Å²) in [6, 6.07) is 7.94. The Labute approximate surface area is 91.8 Å². The van der Waals surface area contributed by atoms with Gasteiger partial charge in [-0.3, -0.25) is 0 Å². The van der Waals surface area contributed by atoms with E-state index in [1.807, 2.05) is 24.3 Å². The Morgan fingerprint density at radius 3 is 2.40 bits per heavy atom. The molecule has 2 N–H and O–H groups in total. The summed E-state index contributed by atoms with van der Waals surface area (Å²) < 4.78 is 5.59. The lowest BCUT2D eigenvalue weighted by atomic mass is 10.2. The first-order chi connectivity index (χ1) is 7.22. The molecule has 0 aliphatic rings. The monoisotopic (exact) mass is 208 g/mol. The second-order valence-corrected chi connectivity index (χ2v) is 3.85. The van der Waals surface area contributed by atoms with Crippen LogP contribution in [0.1, 0.15) is 12.0 Å². The number of nitrogens with two attached hydrogens (primary N) is 1.